The Kier molecular flexibility index (Phi) is 13.6. The number of terminal acetylenes is 1. The van der Waals surface area contributed by atoms with Gasteiger partial charge in [0.15, 0.2) is 6.61 Å². The summed E-state index contributed by atoms with van der Waals surface area (Å²) >= 11 is 0. The van der Waals surface area contributed by atoms with Crippen LogP contribution in [0.4, 0.5) is 0 Å². The van der Waals surface area contributed by atoms with Crippen LogP contribution in [0, 0.1) is 12.3 Å². The van der Waals surface area contributed by atoms with Crippen LogP contribution in [-0.4, -0.2) is 6.61 Å². The molecule has 0 rings (SSSR count). The number of quaternary nitrogens is 1. The quantitative estimate of drug-likeness (QED) is 0.268. The molecule has 2 nitrogen and oxygen atoms in total. The van der Waals surface area contributed by atoms with Gasteiger partial charge in [-0.2, -0.15) is 4.84 Å². The Morgan fingerprint density at radius 1 is 1.83 bits per heavy atom. The van der Waals surface area contributed by atoms with Gasteiger partial charge in [0.2, 0.25) is 0 Å². The molecule has 0 aliphatic carbocycles. The van der Waals surface area contributed by atoms with E-state index in [0.29, 0.717) is 6.61 Å². The Hall–Kier alpha value is -0.230. The molecular formula is C3H6ClNO. The molecule has 6 heavy (non-hydrogen) atoms. The molecule has 0 aromatic heterocycles. The molecule has 3 heteroatoms. The van der Waals surface area contributed by atoms with Crippen molar-refractivity contribution in [1.82, 2.24) is 0 Å². The summed E-state index contributed by atoms with van der Waals surface area (Å²) in [5.41, 5.74) is 0. The van der Waals surface area contributed by atoms with E-state index in [1.54, 1.807) is 0 Å². The second kappa shape index (κ2) is 8.84. The van der Waals surface area contributed by atoms with Crippen LogP contribution in [-0.2, 0) is 4.84 Å². The number of hydrogen-bond acceptors (Lipinski definition) is 1. The van der Waals surface area contributed by atoms with Crippen LogP contribution in [0.2, 0.25) is 0 Å². The minimum absolute atomic E-state index is 0. The average molecular weight is 108 g/mol. The standard InChI is InChI=1S/C3H6NO.ClH/c1-2-3-5-4;/h1H,3H2,4H3;1H/q+1;/p-1. The summed E-state index contributed by atoms with van der Waals surface area (Å²) < 4.78 is 0. The molecule has 0 aromatic carbocycles. The van der Waals surface area contributed by atoms with Gasteiger partial charge in [-0.05, 0) is 0 Å². The Morgan fingerprint density at radius 2 is 2.33 bits per heavy atom. The Balaban J connectivity index is 0. The van der Waals surface area contributed by atoms with E-state index in [2.05, 4.69) is 16.7 Å². The van der Waals surface area contributed by atoms with Crippen LogP contribution in [0.5, 0.6) is 0 Å². The minimum Gasteiger partial charge on any atom is -1.00 e. The molecule has 0 atom stereocenters. The van der Waals surface area contributed by atoms with Crippen LogP contribution in [0.3, 0.4) is 0 Å². The maximum atomic E-state index is 4.72. The molecule has 0 aromatic rings. The van der Waals surface area contributed by atoms with Crippen molar-refractivity contribution in [3.8, 4) is 12.3 Å². The third-order valence-electron chi connectivity index (χ3n) is 0.185. The first-order valence-electron chi connectivity index (χ1n) is 1.22. The molecule has 36 valence electrons. The lowest BCUT2D eigenvalue weighted by atomic mass is 10.8. The van der Waals surface area contributed by atoms with E-state index in [9.17, 15) is 0 Å². The first kappa shape index (κ1) is 9.24. The molecule has 0 aliphatic heterocycles. The smallest absolute Gasteiger partial charge is 0.166 e. The fourth-order valence-electron chi connectivity index (χ4n) is 0.0589. The van der Waals surface area contributed by atoms with Crippen molar-refractivity contribution >= 4 is 0 Å². The van der Waals surface area contributed by atoms with Gasteiger partial charge >= 0.3 is 0 Å². The van der Waals surface area contributed by atoms with Gasteiger partial charge in [-0.3, -0.25) is 0 Å². The highest BCUT2D eigenvalue weighted by molar-refractivity contribution is 4.81. The monoisotopic (exact) mass is 107 g/mol. The van der Waals surface area contributed by atoms with Gasteiger partial charge in [0.1, 0.15) is 0 Å². The van der Waals surface area contributed by atoms with Crippen LogP contribution in [0.1, 0.15) is 0 Å². The molecule has 0 saturated heterocycles. The SMILES string of the molecule is C#CCO[NH3+].[Cl-]. The highest BCUT2D eigenvalue weighted by Gasteiger charge is 1.62. The summed E-state index contributed by atoms with van der Waals surface area (Å²) in [6.07, 6.45) is 4.72. The molecule has 0 unspecified atom stereocenters. The van der Waals surface area contributed by atoms with Gasteiger partial charge in [0.25, 0.3) is 0 Å². The maximum absolute atomic E-state index is 4.72. The average Bonchev–Trinajstić information content (AvgIpc) is 1.41. The summed E-state index contributed by atoms with van der Waals surface area (Å²) in [5, 5.41) is 0. The molecular weight excluding hydrogens is 101 g/mol. The molecule has 0 saturated carbocycles. The summed E-state index contributed by atoms with van der Waals surface area (Å²) in [7, 11) is 0. The molecule has 0 aliphatic rings. The van der Waals surface area contributed by atoms with Gasteiger partial charge in [-0.1, -0.05) is 5.92 Å². The van der Waals surface area contributed by atoms with Gasteiger partial charge < -0.3 is 12.4 Å². The van der Waals surface area contributed by atoms with E-state index in [1.807, 2.05) is 0 Å². The summed E-state index contributed by atoms with van der Waals surface area (Å²) in [6.45, 7) is 0.306. The van der Waals surface area contributed by atoms with Crippen molar-refractivity contribution in [3.63, 3.8) is 0 Å². The topological polar surface area (TPSA) is 36.9 Å². The Morgan fingerprint density at radius 3 is 2.33 bits per heavy atom. The van der Waals surface area contributed by atoms with Crippen molar-refractivity contribution in [2.45, 2.75) is 0 Å². The Labute approximate surface area is 43.0 Å². The van der Waals surface area contributed by atoms with Gasteiger partial charge in [0, 0.05) is 0 Å². The van der Waals surface area contributed by atoms with E-state index in [-0.39, 0.29) is 12.4 Å². The van der Waals surface area contributed by atoms with Crippen molar-refractivity contribution in [2.75, 3.05) is 6.61 Å². The Bertz CT molecular complexity index is 49.2. The molecule has 0 bridgehead atoms. The predicted octanol–water partition coefficient (Wildman–Crippen LogP) is -4.20. The number of hydrogen-bond donors (Lipinski definition) is 1. The van der Waals surface area contributed by atoms with E-state index in [0.717, 1.165) is 0 Å². The van der Waals surface area contributed by atoms with Gasteiger partial charge in [-0.15, -0.1) is 6.42 Å². The molecule has 0 fully saturated rings. The van der Waals surface area contributed by atoms with Crippen LogP contribution in [0.15, 0.2) is 0 Å². The lowest BCUT2D eigenvalue weighted by Crippen LogP contribution is -3.00. The lowest BCUT2D eigenvalue weighted by molar-refractivity contribution is -0.685. The van der Waals surface area contributed by atoms with Crippen LogP contribution < -0.4 is 18.3 Å². The predicted molar refractivity (Wildman–Crippen MR) is 17.7 cm³/mol. The fourth-order valence-corrected chi connectivity index (χ4v) is 0.0589. The second-order valence-electron chi connectivity index (χ2n) is 0.553. The highest BCUT2D eigenvalue weighted by atomic mass is 35.5. The third kappa shape index (κ3) is 9.23. The second-order valence-corrected chi connectivity index (χ2v) is 0.553. The molecule has 0 spiro atoms. The molecule has 0 radical (unpaired) electrons. The minimum atomic E-state index is 0. The fraction of sp³-hybridized carbons (Fsp3) is 0.333. The van der Waals surface area contributed by atoms with Gasteiger partial charge in [0.05, 0.1) is 0 Å². The molecule has 3 N–H and O–H groups in total. The summed E-state index contributed by atoms with van der Waals surface area (Å²) in [5.74, 6) is 5.27. The lowest BCUT2D eigenvalue weighted by Gasteiger charge is -1.71. The maximum Gasteiger partial charge on any atom is 0.166 e. The number of rotatable bonds is 1. The van der Waals surface area contributed by atoms with Crippen molar-refractivity contribution in [2.24, 2.45) is 0 Å². The summed E-state index contributed by atoms with van der Waals surface area (Å²) in [4.78, 5) is 4.20. The summed E-state index contributed by atoms with van der Waals surface area (Å²) in [6, 6.07) is 0. The zero-order valence-electron chi connectivity index (χ0n) is 3.28. The first-order chi connectivity index (χ1) is 2.41. The van der Waals surface area contributed by atoms with Crippen molar-refractivity contribution in [3.05, 3.63) is 0 Å². The van der Waals surface area contributed by atoms with E-state index in [1.165, 1.54) is 0 Å². The van der Waals surface area contributed by atoms with Crippen molar-refractivity contribution < 1.29 is 23.1 Å². The molecule has 0 heterocycles. The zero-order valence-corrected chi connectivity index (χ0v) is 4.03. The number of halogens is 1. The largest absolute Gasteiger partial charge is 1.00 e. The van der Waals surface area contributed by atoms with Crippen LogP contribution in [0.25, 0.3) is 0 Å². The van der Waals surface area contributed by atoms with Crippen LogP contribution >= 0.6 is 0 Å². The van der Waals surface area contributed by atoms with E-state index in [4.69, 9.17) is 6.42 Å². The molecule has 0 amide bonds. The van der Waals surface area contributed by atoms with Gasteiger partial charge in [-0.25, -0.2) is 5.90 Å². The normalized spacial score (nSPS) is 5.33. The zero-order chi connectivity index (χ0) is 4.12. The van der Waals surface area contributed by atoms with E-state index < -0.39 is 0 Å². The third-order valence-corrected chi connectivity index (χ3v) is 0.185. The highest BCUT2D eigenvalue weighted by Crippen LogP contribution is 1.45. The first-order valence-corrected chi connectivity index (χ1v) is 1.22. The van der Waals surface area contributed by atoms with E-state index >= 15 is 0 Å². The van der Waals surface area contributed by atoms with Crippen molar-refractivity contribution in [1.29, 1.82) is 0 Å².